The average Bonchev–Trinajstić information content (AvgIpc) is 2.67. The number of halogens is 3. The van der Waals surface area contributed by atoms with E-state index in [0.29, 0.717) is 36.7 Å². The molecule has 0 atom stereocenters. The third kappa shape index (κ3) is 6.37. The fourth-order valence-corrected chi connectivity index (χ4v) is 2.57. The summed E-state index contributed by atoms with van der Waals surface area (Å²) >= 11 is 0. The third-order valence-corrected chi connectivity index (χ3v) is 4.08. The number of hydrogen-bond acceptors (Lipinski definition) is 4. The molecule has 2 N–H and O–H groups in total. The third-order valence-electron chi connectivity index (χ3n) is 4.08. The molecule has 2 aromatic carbocycles. The van der Waals surface area contributed by atoms with Crippen molar-refractivity contribution < 1.29 is 27.4 Å². The van der Waals surface area contributed by atoms with E-state index >= 15 is 0 Å². The summed E-state index contributed by atoms with van der Waals surface area (Å²) in [5.74, 6) is 1.14. The SMILES string of the molecule is COc1ccc(CCNC(=O)CCNc2ccc(C(F)(F)F)cc2)cc1OC. The number of benzene rings is 2. The summed E-state index contributed by atoms with van der Waals surface area (Å²) in [5.41, 5.74) is 0.831. The van der Waals surface area contributed by atoms with E-state index in [-0.39, 0.29) is 12.3 Å². The van der Waals surface area contributed by atoms with E-state index in [2.05, 4.69) is 10.6 Å². The van der Waals surface area contributed by atoms with Gasteiger partial charge in [0.05, 0.1) is 19.8 Å². The van der Waals surface area contributed by atoms with Crippen molar-refractivity contribution in [3.63, 3.8) is 0 Å². The van der Waals surface area contributed by atoms with E-state index in [1.54, 1.807) is 14.2 Å². The summed E-state index contributed by atoms with van der Waals surface area (Å²) < 4.78 is 48.0. The molecule has 0 saturated heterocycles. The van der Waals surface area contributed by atoms with Gasteiger partial charge in [-0.05, 0) is 48.4 Å². The summed E-state index contributed by atoms with van der Waals surface area (Å²) in [6, 6.07) is 10.3. The van der Waals surface area contributed by atoms with Gasteiger partial charge >= 0.3 is 6.18 Å². The lowest BCUT2D eigenvalue weighted by atomic mass is 10.1. The molecule has 2 rings (SSSR count). The molecule has 28 heavy (non-hydrogen) atoms. The highest BCUT2D eigenvalue weighted by Gasteiger charge is 2.29. The van der Waals surface area contributed by atoms with Crippen molar-refractivity contribution in [2.75, 3.05) is 32.6 Å². The average molecular weight is 396 g/mol. The van der Waals surface area contributed by atoms with Crippen LogP contribution < -0.4 is 20.1 Å². The monoisotopic (exact) mass is 396 g/mol. The number of anilines is 1. The van der Waals surface area contributed by atoms with Crippen LogP contribution in [0.2, 0.25) is 0 Å². The molecular weight excluding hydrogens is 373 g/mol. The fourth-order valence-electron chi connectivity index (χ4n) is 2.57. The van der Waals surface area contributed by atoms with Crippen LogP contribution in [0.15, 0.2) is 42.5 Å². The Labute approximate surface area is 161 Å². The van der Waals surface area contributed by atoms with Gasteiger partial charge in [0, 0.05) is 25.2 Å². The second-order valence-corrected chi connectivity index (χ2v) is 6.04. The van der Waals surface area contributed by atoms with Crippen LogP contribution >= 0.6 is 0 Å². The summed E-state index contributed by atoms with van der Waals surface area (Å²) in [6.45, 7) is 0.794. The van der Waals surface area contributed by atoms with Crippen molar-refractivity contribution in [2.24, 2.45) is 0 Å². The predicted octanol–water partition coefficient (Wildman–Crippen LogP) is 3.88. The molecule has 152 valence electrons. The molecule has 0 saturated carbocycles. The van der Waals surface area contributed by atoms with Crippen molar-refractivity contribution in [3.05, 3.63) is 53.6 Å². The first kappa shape index (κ1) is 21.4. The van der Waals surface area contributed by atoms with Gasteiger partial charge in [-0.2, -0.15) is 13.2 Å². The van der Waals surface area contributed by atoms with Gasteiger partial charge in [0.2, 0.25) is 5.91 Å². The van der Waals surface area contributed by atoms with Crippen LogP contribution in [0, 0.1) is 0 Å². The van der Waals surface area contributed by atoms with Crippen molar-refractivity contribution in [3.8, 4) is 11.5 Å². The van der Waals surface area contributed by atoms with Gasteiger partial charge in [0.15, 0.2) is 11.5 Å². The second-order valence-electron chi connectivity index (χ2n) is 6.04. The number of amides is 1. The quantitative estimate of drug-likeness (QED) is 0.675. The number of methoxy groups -OCH3 is 2. The van der Waals surface area contributed by atoms with Crippen molar-refractivity contribution >= 4 is 11.6 Å². The molecule has 1 amide bonds. The molecule has 0 bridgehead atoms. The van der Waals surface area contributed by atoms with Crippen LogP contribution in [0.1, 0.15) is 17.5 Å². The number of carbonyl (C=O) groups excluding carboxylic acids is 1. The molecule has 2 aromatic rings. The summed E-state index contributed by atoms with van der Waals surface area (Å²) in [4.78, 5) is 11.9. The van der Waals surface area contributed by atoms with Gasteiger partial charge in [-0.1, -0.05) is 6.07 Å². The van der Waals surface area contributed by atoms with Crippen LogP contribution in [0.5, 0.6) is 11.5 Å². The van der Waals surface area contributed by atoms with Crippen molar-refractivity contribution in [1.82, 2.24) is 5.32 Å². The first-order valence-electron chi connectivity index (χ1n) is 8.72. The Bertz CT molecular complexity index is 777. The molecular formula is C20H23F3N2O3. The fraction of sp³-hybridized carbons (Fsp3) is 0.350. The Hall–Kier alpha value is -2.90. The maximum atomic E-state index is 12.5. The van der Waals surface area contributed by atoms with E-state index < -0.39 is 11.7 Å². The van der Waals surface area contributed by atoms with Gasteiger partial charge in [-0.3, -0.25) is 4.79 Å². The zero-order chi connectivity index (χ0) is 20.6. The lowest BCUT2D eigenvalue weighted by Gasteiger charge is -2.11. The number of hydrogen-bond donors (Lipinski definition) is 2. The molecule has 0 heterocycles. The minimum Gasteiger partial charge on any atom is -0.493 e. The molecule has 0 unspecified atom stereocenters. The van der Waals surface area contributed by atoms with Gasteiger partial charge in [0.25, 0.3) is 0 Å². The van der Waals surface area contributed by atoms with Gasteiger partial charge in [-0.25, -0.2) is 0 Å². The predicted molar refractivity (Wildman–Crippen MR) is 101 cm³/mol. The summed E-state index contributed by atoms with van der Waals surface area (Å²) in [6.07, 6.45) is -3.50. The zero-order valence-electron chi connectivity index (χ0n) is 15.7. The number of nitrogens with one attached hydrogen (secondary N) is 2. The number of alkyl halides is 3. The smallest absolute Gasteiger partial charge is 0.416 e. The highest BCUT2D eigenvalue weighted by atomic mass is 19.4. The maximum Gasteiger partial charge on any atom is 0.416 e. The molecule has 0 spiro atoms. The van der Waals surface area contributed by atoms with Crippen LogP contribution in [-0.2, 0) is 17.4 Å². The van der Waals surface area contributed by atoms with E-state index in [0.717, 1.165) is 17.7 Å². The van der Waals surface area contributed by atoms with Crippen LogP contribution in [0.4, 0.5) is 18.9 Å². The Balaban J connectivity index is 1.70. The second kappa shape index (κ2) is 9.87. The summed E-state index contributed by atoms with van der Waals surface area (Å²) in [7, 11) is 3.13. The number of rotatable bonds is 9. The van der Waals surface area contributed by atoms with Gasteiger partial charge in [-0.15, -0.1) is 0 Å². The van der Waals surface area contributed by atoms with E-state index in [9.17, 15) is 18.0 Å². The number of carbonyl (C=O) groups is 1. The van der Waals surface area contributed by atoms with E-state index in [4.69, 9.17) is 9.47 Å². The molecule has 0 fully saturated rings. The molecule has 0 aliphatic heterocycles. The normalized spacial score (nSPS) is 11.0. The Morgan fingerprint density at radius 3 is 2.25 bits per heavy atom. The molecule has 8 heteroatoms. The Kier molecular flexibility index (Phi) is 7.54. The number of ether oxygens (including phenoxy) is 2. The highest BCUT2D eigenvalue weighted by molar-refractivity contribution is 5.76. The summed E-state index contributed by atoms with van der Waals surface area (Å²) in [5, 5.41) is 5.74. The van der Waals surface area contributed by atoms with E-state index in [1.165, 1.54) is 12.1 Å². The first-order valence-corrected chi connectivity index (χ1v) is 8.72. The lowest BCUT2D eigenvalue weighted by Crippen LogP contribution is -2.27. The largest absolute Gasteiger partial charge is 0.493 e. The molecule has 0 aromatic heterocycles. The van der Waals surface area contributed by atoms with Crippen LogP contribution in [0.25, 0.3) is 0 Å². The topological polar surface area (TPSA) is 59.6 Å². The maximum absolute atomic E-state index is 12.5. The van der Waals surface area contributed by atoms with Gasteiger partial charge in [0.1, 0.15) is 0 Å². The molecule has 0 aliphatic carbocycles. The minimum absolute atomic E-state index is 0.139. The Morgan fingerprint density at radius 1 is 0.964 bits per heavy atom. The zero-order valence-corrected chi connectivity index (χ0v) is 15.7. The minimum atomic E-state index is -4.35. The van der Waals surface area contributed by atoms with Crippen LogP contribution in [-0.4, -0.2) is 33.2 Å². The standard InChI is InChI=1S/C20H23F3N2O3/c1-27-17-8-3-14(13-18(17)28-2)9-11-25-19(26)10-12-24-16-6-4-15(5-7-16)20(21,22)23/h3-8,13,24H,9-12H2,1-2H3,(H,25,26). The van der Waals surface area contributed by atoms with Crippen molar-refractivity contribution in [1.29, 1.82) is 0 Å². The van der Waals surface area contributed by atoms with Gasteiger partial charge < -0.3 is 20.1 Å². The lowest BCUT2D eigenvalue weighted by molar-refractivity contribution is -0.137. The molecule has 0 radical (unpaired) electrons. The van der Waals surface area contributed by atoms with E-state index in [1.807, 2.05) is 18.2 Å². The van der Waals surface area contributed by atoms with Crippen LogP contribution in [0.3, 0.4) is 0 Å². The Morgan fingerprint density at radius 2 is 1.64 bits per heavy atom. The highest BCUT2D eigenvalue weighted by Crippen LogP contribution is 2.30. The molecule has 5 nitrogen and oxygen atoms in total. The molecule has 0 aliphatic rings. The van der Waals surface area contributed by atoms with Crippen molar-refractivity contribution in [2.45, 2.75) is 19.0 Å². The first-order chi connectivity index (χ1) is 13.3.